The summed E-state index contributed by atoms with van der Waals surface area (Å²) >= 11 is 0. The number of piperazine rings is 1. The molecule has 1 atom stereocenters. The molecule has 1 aliphatic rings. The number of Topliss-reactive ketones (excluding diaryl/α,β-unsaturated/α-hetero) is 1. The molecule has 0 spiro atoms. The smallest absolute Gasteiger partial charge is 0.290 e. The van der Waals surface area contributed by atoms with E-state index in [0.29, 0.717) is 6.54 Å². The fraction of sp³-hybridized carbons (Fsp3) is 0.833. The fourth-order valence-corrected chi connectivity index (χ4v) is 1.99. The summed E-state index contributed by atoms with van der Waals surface area (Å²) in [6, 6.07) is 0.0681. The molecule has 0 bridgehead atoms. The topological polar surface area (TPSA) is 58.6 Å². The molecule has 0 aliphatic carbocycles. The lowest BCUT2D eigenvalue weighted by Crippen LogP contribution is -2.56. The molecule has 17 heavy (non-hydrogen) atoms. The van der Waals surface area contributed by atoms with E-state index >= 15 is 0 Å². The molecule has 1 unspecified atom stereocenters. The van der Waals surface area contributed by atoms with E-state index in [-0.39, 0.29) is 24.3 Å². The Kier molecular flexibility index (Phi) is 4.65. The standard InChI is InChI=1S/C12H22N2O3/c1-9-7-13-5-6-14(9)11(16)10(15)12(2,3)8-17-4/h9,13H,5-8H2,1-4H3. The van der Waals surface area contributed by atoms with Crippen molar-refractivity contribution in [3.63, 3.8) is 0 Å². The summed E-state index contributed by atoms with van der Waals surface area (Å²) in [5.41, 5.74) is -0.754. The first kappa shape index (κ1) is 14.1. The second-order valence-corrected chi connectivity index (χ2v) is 5.20. The van der Waals surface area contributed by atoms with Gasteiger partial charge in [0.15, 0.2) is 0 Å². The highest BCUT2D eigenvalue weighted by atomic mass is 16.5. The van der Waals surface area contributed by atoms with Crippen LogP contribution < -0.4 is 5.32 Å². The predicted molar refractivity (Wildman–Crippen MR) is 64.7 cm³/mol. The Morgan fingerprint density at radius 1 is 1.47 bits per heavy atom. The van der Waals surface area contributed by atoms with Crippen molar-refractivity contribution in [2.45, 2.75) is 26.8 Å². The molecule has 1 amide bonds. The van der Waals surface area contributed by atoms with Crippen molar-refractivity contribution in [1.82, 2.24) is 10.2 Å². The SMILES string of the molecule is COCC(C)(C)C(=O)C(=O)N1CCNCC1C. The maximum Gasteiger partial charge on any atom is 0.290 e. The third-order valence-electron chi connectivity index (χ3n) is 3.08. The summed E-state index contributed by atoms with van der Waals surface area (Å²) in [4.78, 5) is 25.9. The van der Waals surface area contributed by atoms with Crippen molar-refractivity contribution < 1.29 is 14.3 Å². The lowest BCUT2D eigenvalue weighted by molar-refractivity contribution is -0.152. The lowest BCUT2D eigenvalue weighted by atomic mass is 9.88. The van der Waals surface area contributed by atoms with Gasteiger partial charge >= 0.3 is 0 Å². The maximum absolute atomic E-state index is 12.1. The van der Waals surface area contributed by atoms with Crippen LogP contribution in [0.1, 0.15) is 20.8 Å². The Morgan fingerprint density at radius 3 is 2.65 bits per heavy atom. The number of nitrogens with one attached hydrogen (secondary N) is 1. The van der Waals surface area contributed by atoms with E-state index in [1.807, 2.05) is 6.92 Å². The fourth-order valence-electron chi connectivity index (χ4n) is 1.99. The van der Waals surface area contributed by atoms with Gasteiger partial charge in [-0.15, -0.1) is 0 Å². The van der Waals surface area contributed by atoms with Gasteiger partial charge in [-0.25, -0.2) is 0 Å². The number of methoxy groups -OCH3 is 1. The van der Waals surface area contributed by atoms with Crippen LogP contribution >= 0.6 is 0 Å². The number of hydrogen-bond donors (Lipinski definition) is 1. The largest absolute Gasteiger partial charge is 0.384 e. The van der Waals surface area contributed by atoms with Gasteiger partial charge in [0, 0.05) is 32.8 Å². The van der Waals surface area contributed by atoms with Gasteiger partial charge in [0.2, 0.25) is 5.78 Å². The maximum atomic E-state index is 12.1. The average Bonchev–Trinajstić information content (AvgIpc) is 2.27. The van der Waals surface area contributed by atoms with Crippen LogP contribution in [0.4, 0.5) is 0 Å². The van der Waals surface area contributed by atoms with Crippen molar-refractivity contribution >= 4 is 11.7 Å². The molecular formula is C12H22N2O3. The monoisotopic (exact) mass is 242 g/mol. The summed E-state index contributed by atoms with van der Waals surface area (Å²) in [5.74, 6) is -0.755. The lowest BCUT2D eigenvalue weighted by Gasteiger charge is -2.35. The minimum atomic E-state index is -0.754. The summed E-state index contributed by atoms with van der Waals surface area (Å²) in [6.07, 6.45) is 0. The molecule has 1 heterocycles. The molecule has 0 aromatic heterocycles. The molecule has 5 nitrogen and oxygen atoms in total. The highest BCUT2D eigenvalue weighted by Crippen LogP contribution is 2.19. The Bertz CT molecular complexity index is 302. The van der Waals surface area contributed by atoms with Crippen LogP contribution in [0.5, 0.6) is 0 Å². The predicted octanol–water partition coefficient (Wildman–Crippen LogP) is 0.0484. The Labute approximate surface area is 102 Å². The normalized spacial score (nSPS) is 21.4. The van der Waals surface area contributed by atoms with Gasteiger partial charge in [0.1, 0.15) is 0 Å². The van der Waals surface area contributed by atoms with Crippen LogP contribution in [0.3, 0.4) is 0 Å². The first-order chi connectivity index (χ1) is 7.90. The number of ketones is 1. The van der Waals surface area contributed by atoms with Crippen LogP contribution in [-0.2, 0) is 14.3 Å². The second kappa shape index (κ2) is 5.60. The van der Waals surface area contributed by atoms with Crippen LogP contribution in [0.2, 0.25) is 0 Å². The second-order valence-electron chi connectivity index (χ2n) is 5.20. The quantitative estimate of drug-likeness (QED) is 0.708. The summed E-state index contributed by atoms with van der Waals surface area (Å²) in [5, 5.41) is 3.19. The molecule has 98 valence electrons. The first-order valence-electron chi connectivity index (χ1n) is 5.95. The molecule has 5 heteroatoms. The van der Waals surface area contributed by atoms with Crippen molar-refractivity contribution in [3.05, 3.63) is 0 Å². The Hall–Kier alpha value is -0.940. The third-order valence-corrected chi connectivity index (χ3v) is 3.08. The summed E-state index contributed by atoms with van der Waals surface area (Å²) in [6.45, 7) is 7.76. The summed E-state index contributed by atoms with van der Waals surface area (Å²) in [7, 11) is 1.53. The first-order valence-corrected chi connectivity index (χ1v) is 5.95. The van der Waals surface area contributed by atoms with Crippen LogP contribution in [0, 0.1) is 5.41 Å². The number of ether oxygens (including phenoxy) is 1. The highest BCUT2D eigenvalue weighted by Gasteiger charge is 2.37. The van der Waals surface area contributed by atoms with Crippen LogP contribution in [0.25, 0.3) is 0 Å². The molecule has 1 saturated heterocycles. The number of rotatable bonds is 4. The molecule has 0 radical (unpaired) electrons. The van der Waals surface area contributed by atoms with Crippen molar-refractivity contribution in [3.8, 4) is 0 Å². The van der Waals surface area contributed by atoms with E-state index in [0.717, 1.165) is 13.1 Å². The minimum Gasteiger partial charge on any atom is -0.384 e. The number of carbonyl (C=O) groups excluding carboxylic acids is 2. The molecule has 0 saturated carbocycles. The van der Waals surface area contributed by atoms with E-state index in [4.69, 9.17) is 4.74 Å². The van der Waals surface area contributed by atoms with E-state index in [9.17, 15) is 9.59 Å². The van der Waals surface area contributed by atoms with E-state index in [1.165, 1.54) is 7.11 Å². The molecular weight excluding hydrogens is 220 g/mol. The molecule has 1 N–H and O–H groups in total. The van der Waals surface area contributed by atoms with E-state index < -0.39 is 5.41 Å². The Morgan fingerprint density at radius 2 is 2.12 bits per heavy atom. The van der Waals surface area contributed by atoms with Crippen LogP contribution in [-0.4, -0.2) is 56.0 Å². The minimum absolute atomic E-state index is 0.0681. The van der Waals surface area contributed by atoms with Gasteiger partial charge in [-0.2, -0.15) is 0 Å². The van der Waals surface area contributed by atoms with Gasteiger partial charge < -0.3 is 15.0 Å². The third kappa shape index (κ3) is 3.26. The van der Waals surface area contributed by atoms with Gasteiger partial charge in [-0.1, -0.05) is 13.8 Å². The van der Waals surface area contributed by atoms with E-state index in [1.54, 1.807) is 18.7 Å². The van der Waals surface area contributed by atoms with Crippen molar-refractivity contribution in [2.75, 3.05) is 33.4 Å². The molecule has 1 aliphatic heterocycles. The van der Waals surface area contributed by atoms with Gasteiger partial charge in [0.25, 0.3) is 5.91 Å². The number of carbonyl (C=O) groups is 2. The number of hydrogen-bond acceptors (Lipinski definition) is 4. The molecule has 0 aromatic carbocycles. The van der Waals surface area contributed by atoms with Gasteiger partial charge in [0.05, 0.1) is 12.0 Å². The zero-order valence-electron chi connectivity index (χ0n) is 11.1. The van der Waals surface area contributed by atoms with Crippen molar-refractivity contribution in [2.24, 2.45) is 5.41 Å². The van der Waals surface area contributed by atoms with E-state index in [2.05, 4.69) is 5.32 Å². The van der Waals surface area contributed by atoms with Gasteiger partial charge in [-0.3, -0.25) is 9.59 Å². The molecule has 0 aromatic rings. The number of nitrogens with zero attached hydrogens (tertiary/aromatic N) is 1. The van der Waals surface area contributed by atoms with Gasteiger partial charge in [-0.05, 0) is 6.92 Å². The number of amides is 1. The zero-order valence-corrected chi connectivity index (χ0v) is 11.1. The molecule has 1 fully saturated rings. The Balaban J connectivity index is 2.71. The summed E-state index contributed by atoms with van der Waals surface area (Å²) < 4.78 is 4.99. The zero-order chi connectivity index (χ0) is 13.1. The highest BCUT2D eigenvalue weighted by molar-refractivity contribution is 6.38. The molecule has 1 rings (SSSR count). The van der Waals surface area contributed by atoms with Crippen molar-refractivity contribution in [1.29, 1.82) is 0 Å². The average molecular weight is 242 g/mol. The van der Waals surface area contributed by atoms with Crippen LogP contribution in [0.15, 0.2) is 0 Å².